The molecule has 0 atom stereocenters. The molecule has 1 aliphatic heterocycles. The van der Waals surface area contributed by atoms with E-state index in [0.717, 1.165) is 35.8 Å². The predicted molar refractivity (Wildman–Crippen MR) is 105 cm³/mol. The van der Waals surface area contributed by atoms with Gasteiger partial charge in [0.25, 0.3) is 5.95 Å². The molecule has 4 rings (SSSR count). The molecule has 1 aliphatic rings. The number of nitrogens with one attached hydrogen (secondary N) is 1. The molecule has 4 heterocycles. The lowest BCUT2D eigenvalue weighted by atomic mass is 10.2. The molecule has 0 radical (unpaired) electrons. The van der Waals surface area contributed by atoms with Crippen molar-refractivity contribution < 1.29 is 4.79 Å². The zero-order valence-electron chi connectivity index (χ0n) is 14.0. The van der Waals surface area contributed by atoms with Crippen LogP contribution in [0.3, 0.4) is 0 Å². The average Bonchev–Trinajstić information content (AvgIpc) is 3.35. The smallest absolute Gasteiger partial charge is 0.250 e. The zero-order chi connectivity index (χ0) is 17.8. The maximum Gasteiger partial charge on any atom is 0.250 e. The highest BCUT2D eigenvalue weighted by Gasteiger charge is 2.13. The van der Waals surface area contributed by atoms with Crippen molar-refractivity contribution in [3.8, 4) is 5.95 Å². The van der Waals surface area contributed by atoms with Crippen LogP contribution in [0, 0.1) is 0 Å². The normalized spacial score (nSPS) is 14.4. The Morgan fingerprint density at radius 3 is 2.73 bits per heavy atom. The minimum absolute atomic E-state index is 0.0674. The van der Waals surface area contributed by atoms with Gasteiger partial charge in [-0.05, 0) is 22.4 Å². The Labute approximate surface area is 159 Å². The molecule has 0 aliphatic carbocycles. The number of anilines is 2. The molecule has 1 N–H and O–H groups in total. The van der Waals surface area contributed by atoms with Crippen LogP contribution >= 0.6 is 23.1 Å². The Balaban J connectivity index is 1.40. The lowest BCUT2D eigenvalue weighted by Gasteiger charge is -2.27. The van der Waals surface area contributed by atoms with E-state index in [9.17, 15) is 4.79 Å². The second-order valence-electron chi connectivity index (χ2n) is 5.87. The van der Waals surface area contributed by atoms with E-state index in [1.807, 2.05) is 41.0 Å². The summed E-state index contributed by atoms with van der Waals surface area (Å²) in [7, 11) is 0. The quantitative estimate of drug-likeness (QED) is 0.726. The van der Waals surface area contributed by atoms with Crippen molar-refractivity contribution in [1.82, 2.24) is 19.7 Å². The van der Waals surface area contributed by atoms with E-state index in [1.165, 1.54) is 0 Å². The van der Waals surface area contributed by atoms with Crippen molar-refractivity contribution in [2.45, 2.75) is 6.42 Å². The fourth-order valence-corrected chi connectivity index (χ4v) is 4.27. The first-order valence-corrected chi connectivity index (χ1v) is 10.4. The van der Waals surface area contributed by atoms with Crippen LogP contribution in [0.15, 0.2) is 41.6 Å². The lowest BCUT2D eigenvalue weighted by Crippen LogP contribution is -2.32. The van der Waals surface area contributed by atoms with Gasteiger partial charge in [-0.3, -0.25) is 4.79 Å². The Morgan fingerprint density at radius 2 is 2.00 bits per heavy atom. The molecule has 9 heteroatoms. The van der Waals surface area contributed by atoms with Crippen LogP contribution in [0.5, 0.6) is 0 Å². The first-order chi connectivity index (χ1) is 12.8. The van der Waals surface area contributed by atoms with Gasteiger partial charge in [0, 0.05) is 24.6 Å². The van der Waals surface area contributed by atoms with Crippen LogP contribution in [-0.4, -0.2) is 50.3 Å². The number of carbonyl (C=O) groups excluding carboxylic acids is 1. The summed E-state index contributed by atoms with van der Waals surface area (Å²) in [6.07, 6.45) is 7.33. The number of amides is 1. The largest absolute Gasteiger partial charge is 0.367 e. The van der Waals surface area contributed by atoms with E-state index in [2.05, 4.69) is 25.3 Å². The van der Waals surface area contributed by atoms with Crippen LogP contribution in [0.2, 0.25) is 0 Å². The van der Waals surface area contributed by atoms with Gasteiger partial charge < -0.3 is 10.2 Å². The summed E-state index contributed by atoms with van der Waals surface area (Å²) in [5, 5.41) is 11.0. The maximum absolute atomic E-state index is 12.1. The summed E-state index contributed by atoms with van der Waals surface area (Å²) in [4.78, 5) is 23.2. The highest BCUT2D eigenvalue weighted by Crippen LogP contribution is 2.18. The topological polar surface area (TPSA) is 75.9 Å². The van der Waals surface area contributed by atoms with Crippen LogP contribution in [0.4, 0.5) is 11.4 Å². The summed E-state index contributed by atoms with van der Waals surface area (Å²) in [6.45, 7) is 2.05. The van der Waals surface area contributed by atoms with Crippen molar-refractivity contribution in [3.05, 3.63) is 47.2 Å². The Morgan fingerprint density at radius 1 is 1.19 bits per heavy atom. The maximum atomic E-state index is 12.1. The van der Waals surface area contributed by atoms with Crippen molar-refractivity contribution >= 4 is 40.4 Å². The first-order valence-electron chi connectivity index (χ1n) is 8.29. The highest BCUT2D eigenvalue weighted by molar-refractivity contribution is 7.99. The molecule has 0 spiro atoms. The van der Waals surface area contributed by atoms with Crippen LogP contribution < -0.4 is 10.2 Å². The molecule has 0 aromatic carbocycles. The molecule has 0 bridgehead atoms. The van der Waals surface area contributed by atoms with Gasteiger partial charge in [-0.15, -0.1) is 0 Å². The predicted octanol–water partition coefficient (Wildman–Crippen LogP) is 2.46. The standard InChI is InChI=1S/C17H18N6OS2/c24-16(7-13-1-4-26-12-13)21-14-8-20-23(11-14)17-18-9-15(10-19-17)22-2-5-25-6-3-22/h1,4,8-12H,2-3,5-7H2,(H,21,24). The summed E-state index contributed by atoms with van der Waals surface area (Å²) in [6, 6.07) is 1.95. The second-order valence-corrected chi connectivity index (χ2v) is 7.88. The molecule has 134 valence electrons. The molecule has 1 fully saturated rings. The average molecular weight is 387 g/mol. The van der Waals surface area contributed by atoms with Gasteiger partial charge in [-0.25, -0.2) is 14.6 Å². The van der Waals surface area contributed by atoms with Crippen LogP contribution in [-0.2, 0) is 11.2 Å². The Kier molecular flexibility index (Phi) is 5.16. The van der Waals surface area contributed by atoms with Gasteiger partial charge in [0.2, 0.25) is 5.91 Å². The van der Waals surface area contributed by atoms with Crippen molar-refractivity contribution in [2.75, 3.05) is 34.8 Å². The molecule has 0 saturated carbocycles. The first kappa shape index (κ1) is 17.0. The van der Waals surface area contributed by atoms with Gasteiger partial charge in [0.1, 0.15) is 0 Å². The van der Waals surface area contributed by atoms with E-state index in [0.29, 0.717) is 18.1 Å². The highest BCUT2D eigenvalue weighted by atomic mass is 32.2. The number of rotatable bonds is 5. The molecule has 26 heavy (non-hydrogen) atoms. The molecule has 3 aromatic rings. The van der Waals surface area contributed by atoms with Gasteiger partial charge in [0.05, 0.1) is 42.6 Å². The summed E-state index contributed by atoms with van der Waals surface area (Å²) >= 11 is 3.55. The van der Waals surface area contributed by atoms with Crippen molar-refractivity contribution in [2.24, 2.45) is 0 Å². The third-order valence-corrected chi connectivity index (χ3v) is 5.69. The molecular weight excluding hydrogens is 368 g/mol. The number of aromatic nitrogens is 4. The van der Waals surface area contributed by atoms with Crippen LogP contribution in [0.25, 0.3) is 5.95 Å². The van der Waals surface area contributed by atoms with E-state index >= 15 is 0 Å². The SMILES string of the molecule is O=C(Cc1ccsc1)Nc1cnn(-c2ncc(N3CCSCC3)cn2)c1. The molecular formula is C17H18N6OS2. The number of thioether (sulfide) groups is 1. The van der Waals surface area contributed by atoms with Crippen molar-refractivity contribution in [1.29, 1.82) is 0 Å². The summed E-state index contributed by atoms with van der Waals surface area (Å²) in [5.74, 6) is 2.69. The van der Waals surface area contributed by atoms with E-state index in [1.54, 1.807) is 28.4 Å². The van der Waals surface area contributed by atoms with E-state index in [-0.39, 0.29) is 5.91 Å². The number of nitrogens with zero attached hydrogens (tertiary/aromatic N) is 5. The molecule has 3 aromatic heterocycles. The van der Waals surface area contributed by atoms with Gasteiger partial charge in [0.15, 0.2) is 0 Å². The number of hydrogen-bond donors (Lipinski definition) is 1. The van der Waals surface area contributed by atoms with E-state index in [4.69, 9.17) is 0 Å². The van der Waals surface area contributed by atoms with Gasteiger partial charge in [-0.2, -0.15) is 28.2 Å². The monoisotopic (exact) mass is 386 g/mol. The fourth-order valence-electron chi connectivity index (χ4n) is 2.70. The number of hydrogen-bond acceptors (Lipinski definition) is 7. The summed E-state index contributed by atoms with van der Waals surface area (Å²) < 4.78 is 1.57. The summed E-state index contributed by atoms with van der Waals surface area (Å²) in [5.41, 5.74) is 2.67. The third kappa shape index (κ3) is 4.05. The Hall–Kier alpha value is -2.39. The minimum Gasteiger partial charge on any atom is -0.367 e. The Bertz CT molecular complexity index is 856. The lowest BCUT2D eigenvalue weighted by molar-refractivity contribution is -0.115. The zero-order valence-corrected chi connectivity index (χ0v) is 15.7. The number of thiophene rings is 1. The van der Waals surface area contributed by atoms with E-state index < -0.39 is 0 Å². The molecule has 0 unspecified atom stereocenters. The van der Waals surface area contributed by atoms with Gasteiger partial charge >= 0.3 is 0 Å². The fraction of sp³-hybridized carbons (Fsp3) is 0.294. The van der Waals surface area contributed by atoms with Crippen molar-refractivity contribution in [3.63, 3.8) is 0 Å². The minimum atomic E-state index is -0.0674. The number of carbonyl (C=O) groups is 1. The van der Waals surface area contributed by atoms with Crippen LogP contribution in [0.1, 0.15) is 5.56 Å². The third-order valence-electron chi connectivity index (χ3n) is 4.02. The molecule has 1 saturated heterocycles. The second kappa shape index (κ2) is 7.88. The molecule has 1 amide bonds. The van der Waals surface area contributed by atoms with Gasteiger partial charge in [-0.1, -0.05) is 0 Å². The molecule has 7 nitrogen and oxygen atoms in total.